The molecule has 0 bridgehead atoms. The van der Waals surface area contributed by atoms with Gasteiger partial charge in [-0.2, -0.15) is 0 Å². The summed E-state index contributed by atoms with van der Waals surface area (Å²) in [4.78, 5) is 16.8. The molecule has 0 spiro atoms. The first-order valence-corrected chi connectivity index (χ1v) is 8.47. The third kappa shape index (κ3) is 3.50. The maximum Gasteiger partial charge on any atom is 0.224 e. The zero-order chi connectivity index (χ0) is 15.4. The van der Waals surface area contributed by atoms with Crippen molar-refractivity contribution in [3.05, 3.63) is 35.4 Å². The Morgan fingerprint density at radius 1 is 1.18 bits per heavy atom. The van der Waals surface area contributed by atoms with Crippen molar-refractivity contribution in [3.63, 3.8) is 0 Å². The molecule has 1 saturated heterocycles. The van der Waals surface area contributed by atoms with E-state index in [1.54, 1.807) is 0 Å². The van der Waals surface area contributed by atoms with Crippen LogP contribution in [0.3, 0.4) is 0 Å². The van der Waals surface area contributed by atoms with Gasteiger partial charge < -0.3 is 10.0 Å². The van der Waals surface area contributed by atoms with E-state index in [2.05, 4.69) is 23.1 Å². The lowest BCUT2D eigenvalue weighted by molar-refractivity contribution is -0.132. The summed E-state index contributed by atoms with van der Waals surface area (Å²) in [6.07, 6.45) is 4.96. The predicted octanol–water partition coefficient (Wildman–Crippen LogP) is 1.81. The number of hydrogen-bond donors (Lipinski definition) is 1. The van der Waals surface area contributed by atoms with E-state index in [1.807, 2.05) is 11.0 Å². The molecule has 1 aromatic carbocycles. The molecule has 0 radical (unpaired) electrons. The number of carbonyl (C=O) groups is 1. The van der Waals surface area contributed by atoms with Gasteiger partial charge in [0.2, 0.25) is 5.91 Å². The summed E-state index contributed by atoms with van der Waals surface area (Å²) in [6, 6.07) is 8.66. The SMILES string of the molecule is O=C(CCN1CCCC[C@H]1CO)N1CCc2ccccc2C1. The number of amides is 1. The molecule has 3 rings (SSSR count). The number of likely N-dealkylation sites (tertiary alicyclic amines) is 1. The standard InChI is InChI=1S/C18H26N2O2/c21-14-17-7-3-4-10-19(17)12-9-18(22)20-11-8-15-5-1-2-6-16(15)13-20/h1-2,5-6,17,21H,3-4,7-14H2/t17-/m0/s1. The van der Waals surface area contributed by atoms with E-state index in [9.17, 15) is 9.90 Å². The summed E-state index contributed by atoms with van der Waals surface area (Å²) in [5.74, 6) is 0.247. The van der Waals surface area contributed by atoms with Crippen LogP contribution in [0.1, 0.15) is 36.8 Å². The molecule has 1 atom stereocenters. The lowest BCUT2D eigenvalue weighted by atomic mass is 9.99. The van der Waals surface area contributed by atoms with Crippen molar-refractivity contribution in [1.29, 1.82) is 0 Å². The van der Waals surface area contributed by atoms with Gasteiger partial charge in [-0.3, -0.25) is 9.69 Å². The number of piperidine rings is 1. The maximum absolute atomic E-state index is 12.5. The molecule has 4 nitrogen and oxygen atoms in total. The van der Waals surface area contributed by atoms with Gasteiger partial charge in [-0.25, -0.2) is 0 Å². The van der Waals surface area contributed by atoms with Gasteiger partial charge in [0.05, 0.1) is 6.61 Å². The van der Waals surface area contributed by atoms with Gasteiger partial charge in [-0.05, 0) is 36.9 Å². The average Bonchev–Trinajstić information content (AvgIpc) is 2.59. The van der Waals surface area contributed by atoms with E-state index in [-0.39, 0.29) is 18.6 Å². The third-order valence-corrected chi connectivity index (χ3v) is 5.06. The largest absolute Gasteiger partial charge is 0.395 e. The van der Waals surface area contributed by atoms with Crippen LogP contribution in [-0.4, -0.2) is 53.1 Å². The van der Waals surface area contributed by atoms with Crippen LogP contribution in [0.15, 0.2) is 24.3 Å². The summed E-state index contributed by atoms with van der Waals surface area (Å²) in [5, 5.41) is 9.45. The molecule has 1 N–H and O–H groups in total. The van der Waals surface area contributed by atoms with E-state index in [0.717, 1.165) is 39.0 Å². The van der Waals surface area contributed by atoms with Crippen molar-refractivity contribution in [3.8, 4) is 0 Å². The van der Waals surface area contributed by atoms with Crippen LogP contribution in [-0.2, 0) is 17.8 Å². The van der Waals surface area contributed by atoms with Crippen molar-refractivity contribution in [1.82, 2.24) is 9.80 Å². The van der Waals surface area contributed by atoms with Gasteiger partial charge >= 0.3 is 0 Å². The van der Waals surface area contributed by atoms with Gasteiger partial charge in [0, 0.05) is 32.1 Å². The quantitative estimate of drug-likeness (QED) is 0.922. The van der Waals surface area contributed by atoms with E-state index >= 15 is 0 Å². The first-order valence-electron chi connectivity index (χ1n) is 8.47. The minimum Gasteiger partial charge on any atom is -0.395 e. The molecular weight excluding hydrogens is 276 g/mol. The Bertz CT molecular complexity index is 518. The fraction of sp³-hybridized carbons (Fsp3) is 0.611. The van der Waals surface area contributed by atoms with E-state index in [0.29, 0.717) is 6.42 Å². The molecule has 0 saturated carbocycles. The van der Waals surface area contributed by atoms with Crippen LogP contribution in [0.4, 0.5) is 0 Å². The molecule has 1 fully saturated rings. The second kappa shape index (κ2) is 7.25. The molecule has 0 unspecified atom stereocenters. The highest BCUT2D eigenvalue weighted by Gasteiger charge is 2.24. The van der Waals surface area contributed by atoms with Crippen LogP contribution >= 0.6 is 0 Å². The van der Waals surface area contributed by atoms with Crippen molar-refractivity contribution >= 4 is 5.91 Å². The molecule has 1 aromatic rings. The zero-order valence-corrected chi connectivity index (χ0v) is 13.2. The average molecular weight is 302 g/mol. The summed E-state index contributed by atoms with van der Waals surface area (Å²) >= 11 is 0. The summed E-state index contributed by atoms with van der Waals surface area (Å²) < 4.78 is 0. The Morgan fingerprint density at radius 2 is 2.00 bits per heavy atom. The summed E-state index contributed by atoms with van der Waals surface area (Å²) in [6.45, 7) is 3.59. The number of fused-ring (bicyclic) bond motifs is 1. The monoisotopic (exact) mass is 302 g/mol. The highest BCUT2D eigenvalue weighted by atomic mass is 16.3. The zero-order valence-electron chi connectivity index (χ0n) is 13.2. The molecule has 2 heterocycles. The van der Waals surface area contributed by atoms with Crippen molar-refractivity contribution < 1.29 is 9.90 Å². The van der Waals surface area contributed by atoms with Crippen LogP contribution in [0, 0.1) is 0 Å². The molecule has 4 heteroatoms. The number of carbonyl (C=O) groups excluding carboxylic acids is 1. The van der Waals surface area contributed by atoms with E-state index in [4.69, 9.17) is 0 Å². The highest BCUT2D eigenvalue weighted by molar-refractivity contribution is 5.76. The topological polar surface area (TPSA) is 43.8 Å². The summed E-state index contributed by atoms with van der Waals surface area (Å²) in [7, 11) is 0. The fourth-order valence-electron chi connectivity index (χ4n) is 3.67. The smallest absolute Gasteiger partial charge is 0.224 e. The lowest BCUT2D eigenvalue weighted by Gasteiger charge is -2.35. The third-order valence-electron chi connectivity index (χ3n) is 5.06. The predicted molar refractivity (Wildman–Crippen MR) is 86.5 cm³/mol. The van der Waals surface area contributed by atoms with E-state index in [1.165, 1.54) is 24.0 Å². The number of benzene rings is 1. The van der Waals surface area contributed by atoms with Gasteiger partial charge in [0.1, 0.15) is 0 Å². The number of rotatable bonds is 4. The molecule has 2 aliphatic heterocycles. The number of hydrogen-bond acceptors (Lipinski definition) is 3. The first kappa shape index (κ1) is 15.5. The van der Waals surface area contributed by atoms with Gasteiger partial charge in [0.15, 0.2) is 0 Å². The second-order valence-corrected chi connectivity index (χ2v) is 6.45. The summed E-state index contributed by atoms with van der Waals surface area (Å²) in [5.41, 5.74) is 2.66. The maximum atomic E-state index is 12.5. The normalized spacial score (nSPS) is 22.4. The van der Waals surface area contributed by atoms with Gasteiger partial charge in [-0.1, -0.05) is 30.7 Å². The molecular formula is C18H26N2O2. The minimum atomic E-state index is 0.214. The highest BCUT2D eigenvalue weighted by Crippen LogP contribution is 2.20. The van der Waals surface area contributed by atoms with Crippen LogP contribution in [0.2, 0.25) is 0 Å². The Kier molecular flexibility index (Phi) is 5.11. The minimum absolute atomic E-state index is 0.214. The van der Waals surface area contributed by atoms with Crippen LogP contribution in [0.25, 0.3) is 0 Å². The number of aliphatic hydroxyl groups is 1. The molecule has 120 valence electrons. The first-order chi connectivity index (χ1) is 10.8. The van der Waals surface area contributed by atoms with E-state index < -0.39 is 0 Å². The van der Waals surface area contributed by atoms with Crippen LogP contribution < -0.4 is 0 Å². The van der Waals surface area contributed by atoms with Gasteiger partial charge in [0.25, 0.3) is 0 Å². The van der Waals surface area contributed by atoms with Crippen molar-refractivity contribution in [2.75, 3.05) is 26.2 Å². The Hall–Kier alpha value is -1.39. The number of aliphatic hydroxyl groups excluding tert-OH is 1. The Morgan fingerprint density at radius 3 is 2.82 bits per heavy atom. The molecule has 2 aliphatic rings. The van der Waals surface area contributed by atoms with Crippen molar-refractivity contribution in [2.24, 2.45) is 0 Å². The fourth-order valence-corrected chi connectivity index (χ4v) is 3.67. The van der Waals surface area contributed by atoms with Gasteiger partial charge in [-0.15, -0.1) is 0 Å². The Labute approximate surface area is 132 Å². The molecule has 0 aromatic heterocycles. The van der Waals surface area contributed by atoms with Crippen molar-refractivity contribution in [2.45, 2.75) is 44.7 Å². The molecule has 1 amide bonds. The molecule has 0 aliphatic carbocycles. The molecule has 22 heavy (non-hydrogen) atoms. The Balaban J connectivity index is 1.52. The second-order valence-electron chi connectivity index (χ2n) is 6.45. The number of nitrogens with zero attached hydrogens (tertiary/aromatic N) is 2. The lowest BCUT2D eigenvalue weighted by Crippen LogP contribution is -2.44. The van der Waals surface area contributed by atoms with Crippen LogP contribution in [0.5, 0.6) is 0 Å².